The van der Waals surface area contributed by atoms with Crippen LogP contribution in [0.1, 0.15) is 33.5 Å². The molecule has 2 heterocycles. The van der Waals surface area contributed by atoms with Crippen LogP contribution >= 0.6 is 22.9 Å². The lowest BCUT2D eigenvalue weighted by Gasteiger charge is -2.21. The van der Waals surface area contributed by atoms with E-state index < -0.39 is 35.0 Å². The third kappa shape index (κ3) is 5.49. The van der Waals surface area contributed by atoms with Crippen molar-refractivity contribution in [3.8, 4) is 0 Å². The SMILES string of the molecule is Cc1c(Cl)ccc2sc(N(CCCn3ccnc3)C(=O)c3cc(C(F)(F)F)cc(C(F)(F)F)c3)nc12. The molecule has 13 heteroatoms. The van der Waals surface area contributed by atoms with Gasteiger partial charge in [-0.2, -0.15) is 26.3 Å². The monoisotopic (exact) mass is 546 g/mol. The summed E-state index contributed by atoms with van der Waals surface area (Å²) in [5, 5.41) is 0.571. The summed E-state index contributed by atoms with van der Waals surface area (Å²) in [6.07, 6.45) is -5.01. The Morgan fingerprint density at radius 2 is 1.75 bits per heavy atom. The average Bonchev–Trinajstić information content (AvgIpc) is 3.48. The molecular formula is C23H17ClF6N4OS. The Morgan fingerprint density at radius 3 is 2.33 bits per heavy atom. The van der Waals surface area contributed by atoms with Gasteiger partial charge < -0.3 is 4.57 Å². The number of carbonyl (C=O) groups is 1. The summed E-state index contributed by atoms with van der Waals surface area (Å²) >= 11 is 7.25. The third-order valence-corrected chi connectivity index (χ3v) is 6.86. The molecule has 36 heavy (non-hydrogen) atoms. The summed E-state index contributed by atoms with van der Waals surface area (Å²) in [5.74, 6) is -1.03. The van der Waals surface area contributed by atoms with Gasteiger partial charge in [0, 0.05) is 36.1 Å². The minimum absolute atomic E-state index is 0.0107. The quantitative estimate of drug-likeness (QED) is 0.240. The molecular weight excluding hydrogens is 530 g/mol. The van der Waals surface area contributed by atoms with Gasteiger partial charge in [-0.1, -0.05) is 22.9 Å². The topological polar surface area (TPSA) is 51.0 Å². The van der Waals surface area contributed by atoms with E-state index in [1.165, 1.54) is 0 Å². The molecule has 0 saturated carbocycles. The normalized spacial score (nSPS) is 12.3. The van der Waals surface area contributed by atoms with Crippen LogP contribution < -0.4 is 4.90 Å². The molecule has 4 rings (SSSR count). The fourth-order valence-electron chi connectivity index (χ4n) is 3.55. The first-order chi connectivity index (χ1) is 16.8. The van der Waals surface area contributed by atoms with Crippen LogP contribution in [0.25, 0.3) is 10.2 Å². The highest BCUT2D eigenvalue weighted by atomic mass is 35.5. The fourth-order valence-corrected chi connectivity index (χ4v) is 4.75. The highest BCUT2D eigenvalue weighted by molar-refractivity contribution is 7.22. The molecule has 5 nitrogen and oxygen atoms in total. The van der Waals surface area contributed by atoms with Gasteiger partial charge in [-0.25, -0.2) is 9.97 Å². The first-order valence-electron chi connectivity index (χ1n) is 10.5. The number of thiazole rings is 1. The number of aryl methyl sites for hydroxylation is 2. The molecule has 0 unspecified atom stereocenters. The maximum atomic E-state index is 13.4. The summed E-state index contributed by atoms with van der Waals surface area (Å²) in [5.41, 5.74) is -2.73. The van der Waals surface area contributed by atoms with Crippen molar-refractivity contribution < 1.29 is 31.1 Å². The Labute approximate surface area is 209 Å². The molecule has 0 spiro atoms. The van der Waals surface area contributed by atoms with Gasteiger partial charge in [0.1, 0.15) is 0 Å². The lowest BCUT2D eigenvalue weighted by Crippen LogP contribution is -2.33. The van der Waals surface area contributed by atoms with Crippen molar-refractivity contribution in [2.75, 3.05) is 11.4 Å². The van der Waals surface area contributed by atoms with Crippen molar-refractivity contribution >= 4 is 44.2 Å². The summed E-state index contributed by atoms with van der Waals surface area (Å²) in [6.45, 7) is 2.12. The minimum atomic E-state index is -5.08. The zero-order valence-corrected chi connectivity index (χ0v) is 20.1. The second-order valence-electron chi connectivity index (χ2n) is 7.92. The molecule has 2 aromatic heterocycles. The van der Waals surface area contributed by atoms with Gasteiger partial charge in [-0.05, 0) is 49.2 Å². The van der Waals surface area contributed by atoms with Gasteiger partial charge in [0.15, 0.2) is 5.13 Å². The molecule has 0 atom stereocenters. The van der Waals surface area contributed by atoms with Crippen LogP contribution in [-0.2, 0) is 18.9 Å². The lowest BCUT2D eigenvalue weighted by atomic mass is 10.0. The molecule has 0 aliphatic rings. The molecule has 190 valence electrons. The second kappa shape index (κ2) is 9.74. The Morgan fingerprint density at radius 1 is 1.08 bits per heavy atom. The molecule has 0 radical (unpaired) electrons. The van der Waals surface area contributed by atoms with Crippen molar-refractivity contribution in [3.05, 3.63) is 76.3 Å². The van der Waals surface area contributed by atoms with Crippen LogP contribution in [0.3, 0.4) is 0 Å². The maximum Gasteiger partial charge on any atom is 0.416 e. The molecule has 1 amide bonds. The number of imidazole rings is 1. The fraction of sp³-hybridized carbons (Fsp3) is 0.261. The molecule has 0 saturated heterocycles. The zero-order valence-electron chi connectivity index (χ0n) is 18.5. The van der Waals surface area contributed by atoms with Crippen LogP contribution in [0.15, 0.2) is 49.1 Å². The van der Waals surface area contributed by atoms with Crippen LogP contribution in [0.2, 0.25) is 5.02 Å². The van der Waals surface area contributed by atoms with Crippen LogP contribution in [0.5, 0.6) is 0 Å². The molecule has 0 bridgehead atoms. The van der Waals surface area contributed by atoms with Gasteiger partial charge in [-0.3, -0.25) is 9.69 Å². The number of rotatable bonds is 6. The third-order valence-electron chi connectivity index (χ3n) is 5.40. The Kier molecular flexibility index (Phi) is 7.02. The van der Waals surface area contributed by atoms with Gasteiger partial charge in [0.05, 0.1) is 27.7 Å². The number of halogens is 7. The number of amides is 1. The number of nitrogens with zero attached hydrogens (tertiary/aromatic N) is 4. The summed E-state index contributed by atoms with van der Waals surface area (Å²) < 4.78 is 82.7. The maximum absolute atomic E-state index is 13.4. The van der Waals surface area contributed by atoms with Crippen LogP contribution in [-0.4, -0.2) is 27.0 Å². The van der Waals surface area contributed by atoms with Crippen molar-refractivity contribution in [1.29, 1.82) is 0 Å². The summed E-state index contributed by atoms with van der Waals surface area (Å²) in [6, 6.07) is 4.18. The molecule has 0 aliphatic carbocycles. The van der Waals surface area contributed by atoms with Gasteiger partial charge in [0.2, 0.25) is 0 Å². The number of hydrogen-bond donors (Lipinski definition) is 0. The van der Waals surface area contributed by atoms with Gasteiger partial charge in [0.25, 0.3) is 5.91 Å². The average molecular weight is 547 g/mol. The number of anilines is 1. The number of alkyl halides is 6. The van der Waals surface area contributed by atoms with Crippen molar-refractivity contribution in [2.24, 2.45) is 0 Å². The largest absolute Gasteiger partial charge is 0.416 e. The van der Waals surface area contributed by atoms with Crippen LogP contribution in [0.4, 0.5) is 31.5 Å². The van der Waals surface area contributed by atoms with Gasteiger partial charge >= 0.3 is 12.4 Å². The number of fused-ring (bicyclic) bond motifs is 1. The van der Waals surface area contributed by atoms with E-state index in [0.717, 1.165) is 16.2 Å². The predicted molar refractivity (Wildman–Crippen MR) is 124 cm³/mol. The van der Waals surface area contributed by atoms with E-state index in [0.29, 0.717) is 45.9 Å². The van der Waals surface area contributed by atoms with E-state index in [9.17, 15) is 31.1 Å². The molecule has 4 aromatic rings. The van der Waals surface area contributed by atoms with E-state index in [1.54, 1.807) is 42.3 Å². The Hall–Kier alpha value is -3.12. The highest BCUT2D eigenvalue weighted by Gasteiger charge is 2.38. The van der Waals surface area contributed by atoms with E-state index in [1.807, 2.05) is 0 Å². The molecule has 2 aromatic carbocycles. The van der Waals surface area contributed by atoms with E-state index in [-0.39, 0.29) is 17.7 Å². The van der Waals surface area contributed by atoms with E-state index in [4.69, 9.17) is 11.6 Å². The number of aromatic nitrogens is 3. The lowest BCUT2D eigenvalue weighted by molar-refractivity contribution is -0.143. The van der Waals surface area contributed by atoms with Crippen LogP contribution in [0, 0.1) is 6.92 Å². The minimum Gasteiger partial charge on any atom is -0.337 e. The van der Waals surface area contributed by atoms with Crippen molar-refractivity contribution in [2.45, 2.75) is 32.2 Å². The first kappa shape index (κ1) is 26.0. The van der Waals surface area contributed by atoms with Crippen molar-refractivity contribution in [1.82, 2.24) is 14.5 Å². The predicted octanol–water partition coefficient (Wildman–Crippen LogP) is 7.23. The van der Waals surface area contributed by atoms with Crippen molar-refractivity contribution in [3.63, 3.8) is 0 Å². The number of hydrogen-bond acceptors (Lipinski definition) is 4. The van der Waals surface area contributed by atoms with Gasteiger partial charge in [-0.15, -0.1) is 0 Å². The first-order valence-corrected chi connectivity index (χ1v) is 11.7. The zero-order chi connectivity index (χ0) is 26.3. The Bertz CT molecular complexity index is 1370. The number of benzene rings is 2. The number of carbonyl (C=O) groups excluding carboxylic acids is 1. The highest BCUT2D eigenvalue weighted by Crippen LogP contribution is 2.38. The second-order valence-corrected chi connectivity index (χ2v) is 9.34. The Balaban J connectivity index is 1.77. The molecule has 0 N–H and O–H groups in total. The summed E-state index contributed by atoms with van der Waals surface area (Å²) in [7, 11) is 0. The molecule has 0 aliphatic heterocycles. The smallest absolute Gasteiger partial charge is 0.337 e. The summed E-state index contributed by atoms with van der Waals surface area (Å²) in [4.78, 5) is 22.9. The van der Waals surface area contributed by atoms with E-state index >= 15 is 0 Å². The standard InChI is InChI=1S/C23H17ClF6N4OS/c1-13-17(24)3-4-18-19(13)32-21(36-18)34(7-2-6-33-8-5-31-12-33)20(35)14-9-15(22(25,26)27)11-16(10-14)23(28,29)30/h3-5,8-12H,2,6-7H2,1H3. The molecule has 0 fully saturated rings. The van der Waals surface area contributed by atoms with E-state index in [2.05, 4.69) is 9.97 Å².